The molecule has 0 heterocycles. The van der Waals surface area contributed by atoms with Gasteiger partial charge >= 0.3 is 81.9 Å². The van der Waals surface area contributed by atoms with E-state index in [0.717, 1.165) is 0 Å². The molecule has 0 unspecified atom stereocenters. The van der Waals surface area contributed by atoms with Gasteiger partial charge in [-0.1, -0.05) is 0 Å². The SMILES string of the molecule is O.[KH].[O]=[Os](=[O])([OH])[OH]. The van der Waals surface area contributed by atoms with E-state index in [0.29, 0.717) is 0 Å². The Labute approximate surface area is 85.7 Å². The average molecular weight is 314 g/mol. The van der Waals surface area contributed by atoms with Crippen molar-refractivity contribution in [3.63, 3.8) is 0 Å². The van der Waals surface area contributed by atoms with E-state index >= 15 is 0 Å². The molecule has 0 aliphatic rings. The van der Waals surface area contributed by atoms with Crippen molar-refractivity contribution in [2.24, 2.45) is 0 Å². The number of rotatable bonds is 0. The number of hydrogen-bond donors (Lipinski definition) is 2. The Balaban J connectivity index is -0.0000000800. The molecule has 0 spiro atoms. The predicted molar refractivity (Wildman–Crippen MR) is 16.6 cm³/mol. The van der Waals surface area contributed by atoms with Crippen molar-refractivity contribution in [3.05, 3.63) is 0 Å². The fourth-order valence-corrected chi connectivity index (χ4v) is 0. The summed E-state index contributed by atoms with van der Waals surface area (Å²) in [5.74, 6) is 0. The molecule has 0 atom stereocenters. The van der Waals surface area contributed by atoms with Gasteiger partial charge in [-0.2, -0.15) is 0 Å². The minimum absolute atomic E-state index is 0. The van der Waals surface area contributed by atoms with Crippen LogP contribution in [0.5, 0.6) is 0 Å². The first kappa shape index (κ1) is 15.9. The van der Waals surface area contributed by atoms with Crippen molar-refractivity contribution in [2.75, 3.05) is 0 Å². The summed E-state index contributed by atoms with van der Waals surface area (Å²) in [4.78, 5) is 0. The van der Waals surface area contributed by atoms with Gasteiger partial charge in [0.05, 0.1) is 0 Å². The van der Waals surface area contributed by atoms with Crippen molar-refractivity contribution in [1.82, 2.24) is 0 Å². The van der Waals surface area contributed by atoms with Gasteiger partial charge in [0.1, 0.15) is 0 Å². The molecule has 0 aliphatic carbocycles. The van der Waals surface area contributed by atoms with Gasteiger partial charge in [-0.15, -0.1) is 0 Å². The Morgan fingerprint density at radius 1 is 1.14 bits per heavy atom. The van der Waals surface area contributed by atoms with E-state index < -0.39 is 15.7 Å². The van der Waals surface area contributed by atoms with Gasteiger partial charge < -0.3 is 5.48 Å². The van der Waals surface area contributed by atoms with Crippen LogP contribution in [0.4, 0.5) is 0 Å². The van der Waals surface area contributed by atoms with Crippen LogP contribution >= 0.6 is 0 Å². The van der Waals surface area contributed by atoms with Crippen LogP contribution in [0.25, 0.3) is 0 Å². The van der Waals surface area contributed by atoms with Crippen molar-refractivity contribution >= 4 is 51.4 Å². The first-order valence-electron chi connectivity index (χ1n) is 0.605. The van der Waals surface area contributed by atoms with E-state index in [-0.39, 0.29) is 56.9 Å². The van der Waals surface area contributed by atoms with Crippen LogP contribution in [0.1, 0.15) is 0 Å². The van der Waals surface area contributed by atoms with Crippen molar-refractivity contribution in [1.29, 1.82) is 0 Å². The fraction of sp³-hybridized carbons (Fsp3) is 0. The van der Waals surface area contributed by atoms with Crippen LogP contribution in [0.3, 0.4) is 0 Å². The summed E-state index contributed by atoms with van der Waals surface area (Å²) in [7, 11) is 0. The molecule has 0 aromatic carbocycles. The van der Waals surface area contributed by atoms with Crippen molar-refractivity contribution in [2.45, 2.75) is 0 Å². The van der Waals surface area contributed by atoms with E-state index in [9.17, 15) is 0 Å². The Morgan fingerprint density at radius 2 is 1.14 bits per heavy atom. The molecule has 0 radical (unpaired) electrons. The zero-order valence-corrected chi connectivity index (χ0v) is 5.10. The van der Waals surface area contributed by atoms with Gasteiger partial charge in [-0.25, -0.2) is 0 Å². The van der Waals surface area contributed by atoms with Crippen LogP contribution in [-0.2, 0) is 22.7 Å². The zero-order chi connectivity index (χ0) is 4.50. The third-order valence-electron chi connectivity index (χ3n) is 0. The molecule has 7 heteroatoms. The Kier molecular flexibility index (Phi) is 13.4. The maximum atomic E-state index is 8.85. The van der Waals surface area contributed by atoms with Gasteiger partial charge in [0, 0.05) is 0 Å². The standard InChI is InChI=1S/K.3H2O.2O.Os.H/h;3*1H2;;;;/q;;;;;;+2;/p-2. The summed E-state index contributed by atoms with van der Waals surface area (Å²) >= 11 is -5.56. The monoisotopic (exact) mass is 316 g/mol. The molecule has 0 aromatic heterocycles. The summed E-state index contributed by atoms with van der Waals surface area (Å²) in [5.41, 5.74) is 0. The van der Waals surface area contributed by atoms with Gasteiger partial charge in [-0.05, 0) is 0 Å². The molecule has 0 rings (SSSR count). The summed E-state index contributed by atoms with van der Waals surface area (Å²) in [5, 5.41) is 0. The molecule has 0 aliphatic heterocycles. The van der Waals surface area contributed by atoms with E-state index in [1.165, 1.54) is 0 Å². The summed E-state index contributed by atoms with van der Waals surface area (Å²) in [6.07, 6.45) is 0. The third-order valence-corrected chi connectivity index (χ3v) is 0. The molecule has 0 saturated heterocycles. The van der Waals surface area contributed by atoms with E-state index in [2.05, 4.69) is 0 Å². The van der Waals surface area contributed by atoms with E-state index in [4.69, 9.17) is 14.9 Å². The quantitative estimate of drug-likeness (QED) is 0.470. The topological polar surface area (TPSA) is 106 Å². The molecule has 4 N–H and O–H groups in total. The molecular weight excluding hydrogens is 309 g/mol. The molecule has 0 aromatic rings. The molecule has 7 heavy (non-hydrogen) atoms. The summed E-state index contributed by atoms with van der Waals surface area (Å²) in [6, 6.07) is 0. The van der Waals surface area contributed by atoms with E-state index in [1.54, 1.807) is 0 Å². The van der Waals surface area contributed by atoms with Crippen molar-refractivity contribution < 1.29 is 36.0 Å². The predicted octanol–water partition coefficient (Wildman–Crippen LogP) is -2.83. The molecule has 0 amide bonds. The van der Waals surface area contributed by atoms with Crippen molar-refractivity contribution in [3.8, 4) is 0 Å². The molecule has 0 saturated carbocycles. The maximum absolute atomic E-state index is 8.85. The second-order valence-corrected chi connectivity index (χ2v) is 3.17. The second-order valence-electron chi connectivity index (χ2n) is 0.388. The Morgan fingerprint density at radius 3 is 1.14 bits per heavy atom. The second kappa shape index (κ2) is 5.88. The Bertz CT molecular complexity index is 91.2. The molecular formula is H5KO5Os. The zero-order valence-electron chi connectivity index (χ0n) is 2.56. The van der Waals surface area contributed by atoms with E-state index in [1.807, 2.05) is 0 Å². The van der Waals surface area contributed by atoms with Crippen LogP contribution in [0.2, 0.25) is 0 Å². The van der Waals surface area contributed by atoms with Crippen LogP contribution < -0.4 is 0 Å². The Hall–Kier alpha value is 1.75. The molecule has 5 nitrogen and oxygen atoms in total. The first-order chi connectivity index (χ1) is 2.00. The van der Waals surface area contributed by atoms with Gasteiger partial charge in [0.2, 0.25) is 0 Å². The van der Waals surface area contributed by atoms with Crippen LogP contribution in [-0.4, -0.2) is 64.7 Å². The first-order valence-corrected chi connectivity index (χ1v) is 4.95. The third kappa shape index (κ3) is 83.5. The van der Waals surface area contributed by atoms with Crippen LogP contribution in [0, 0.1) is 0 Å². The molecule has 0 bridgehead atoms. The van der Waals surface area contributed by atoms with Gasteiger partial charge in [0.15, 0.2) is 0 Å². The summed E-state index contributed by atoms with van der Waals surface area (Å²) in [6.45, 7) is 0. The fourth-order valence-electron chi connectivity index (χ4n) is 0. The molecule has 44 valence electrons. The minimum atomic E-state index is -5.56. The summed E-state index contributed by atoms with van der Waals surface area (Å²) < 4.78 is 32.0. The van der Waals surface area contributed by atoms with Gasteiger partial charge in [-0.3, -0.25) is 0 Å². The number of hydrogen-bond acceptors (Lipinski definition) is 2. The van der Waals surface area contributed by atoms with Gasteiger partial charge in [0.25, 0.3) is 0 Å². The average Bonchev–Trinajstić information content (AvgIpc) is 0.722. The van der Waals surface area contributed by atoms with Crippen LogP contribution in [0.15, 0.2) is 0 Å². The normalized spacial score (nSPS) is 10.6. The molecule has 0 fully saturated rings.